The second-order valence-electron chi connectivity index (χ2n) is 8.07. The molecule has 166 valence electrons. The van der Waals surface area contributed by atoms with Gasteiger partial charge >= 0.3 is 0 Å². The number of ether oxygens (including phenoxy) is 4. The van der Waals surface area contributed by atoms with Gasteiger partial charge in [-0.2, -0.15) is 4.98 Å². The van der Waals surface area contributed by atoms with Crippen LogP contribution in [-0.2, 0) is 16.1 Å². The van der Waals surface area contributed by atoms with Crippen molar-refractivity contribution in [2.45, 2.75) is 25.0 Å². The Morgan fingerprint density at radius 1 is 1.23 bits per heavy atom. The molecule has 1 aromatic carbocycles. The minimum absolute atomic E-state index is 0.127. The Morgan fingerprint density at radius 2 is 2.03 bits per heavy atom. The highest BCUT2D eigenvalue weighted by Gasteiger charge is 2.51. The third-order valence-electron chi connectivity index (χ3n) is 5.88. The summed E-state index contributed by atoms with van der Waals surface area (Å²) in [4.78, 5) is 18.8. The van der Waals surface area contributed by atoms with E-state index in [4.69, 9.17) is 18.9 Å². The first-order chi connectivity index (χ1) is 15.0. The number of carbonyl (C=O) groups excluding carboxylic acids is 1. The van der Waals surface area contributed by atoms with Gasteiger partial charge in [-0.05, 0) is 30.9 Å². The van der Waals surface area contributed by atoms with Gasteiger partial charge < -0.3 is 23.8 Å². The van der Waals surface area contributed by atoms with Crippen molar-refractivity contribution >= 4 is 5.91 Å². The fourth-order valence-electron chi connectivity index (χ4n) is 4.21. The zero-order chi connectivity index (χ0) is 21.8. The van der Waals surface area contributed by atoms with Crippen LogP contribution < -0.4 is 9.47 Å². The molecule has 7 nitrogen and oxygen atoms in total. The average Bonchev–Trinajstić information content (AvgIpc) is 3.20. The molecule has 31 heavy (non-hydrogen) atoms. The van der Waals surface area contributed by atoms with E-state index in [1.54, 1.807) is 35.2 Å². The number of methoxy groups -OCH3 is 2. The van der Waals surface area contributed by atoms with Crippen LogP contribution in [0.2, 0.25) is 0 Å². The minimum Gasteiger partial charge on any atom is -0.481 e. The maximum atomic E-state index is 13.6. The minimum atomic E-state index is -0.279. The van der Waals surface area contributed by atoms with Crippen molar-refractivity contribution in [1.82, 2.24) is 9.88 Å². The molecule has 0 bridgehead atoms. The Hall–Kier alpha value is -2.71. The van der Waals surface area contributed by atoms with Crippen LogP contribution in [0, 0.1) is 11.7 Å². The lowest BCUT2D eigenvalue weighted by atomic mass is 9.85. The van der Waals surface area contributed by atoms with Crippen molar-refractivity contribution < 1.29 is 28.1 Å². The van der Waals surface area contributed by atoms with Crippen LogP contribution in [0.25, 0.3) is 0 Å². The van der Waals surface area contributed by atoms with Gasteiger partial charge in [-0.15, -0.1) is 0 Å². The van der Waals surface area contributed by atoms with Gasteiger partial charge in [0, 0.05) is 18.2 Å². The topological polar surface area (TPSA) is 70.1 Å². The first kappa shape index (κ1) is 21.5. The third kappa shape index (κ3) is 4.65. The summed E-state index contributed by atoms with van der Waals surface area (Å²) in [5.74, 6) is 0.650. The Labute approximate surface area is 181 Å². The van der Waals surface area contributed by atoms with E-state index in [9.17, 15) is 9.18 Å². The Kier molecular flexibility index (Phi) is 6.38. The van der Waals surface area contributed by atoms with Gasteiger partial charge in [0.1, 0.15) is 17.0 Å². The van der Waals surface area contributed by atoms with Crippen LogP contribution in [0.5, 0.6) is 11.8 Å². The fraction of sp³-hybridized carbons (Fsp3) is 0.478. The summed E-state index contributed by atoms with van der Waals surface area (Å²) < 4.78 is 35.7. The van der Waals surface area contributed by atoms with Gasteiger partial charge in [0.25, 0.3) is 5.91 Å². The van der Waals surface area contributed by atoms with E-state index in [0.29, 0.717) is 49.2 Å². The lowest BCUT2D eigenvalue weighted by molar-refractivity contribution is -0.0951. The van der Waals surface area contributed by atoms with Crippen molar-refractivity contribution in [1.29, 1.82) is 0 Å². The first-order valence-corrected chi connectivity index (χ1v) is 10.4. The molecule has 2 fully saturated rings. The number of nitrogens with zero attached hydrogens (tertiary/aromatic N) is 2. The quantitative estimate of drug-likeness (QED) is 0.600. The molecule has 0 N–H and O–H groups in total. The van der Waals surface area contributed by atoms with Crippen molar-refractivity contribution in [3.8, 4) is 11.8 Å². The smallest absolute Gasteiger partial charge is 0.259 e. The molecule has 1 aromatic heterocycles. The number of benzene rings is 1. The molecule has 1 spiro atoms. The molecule has 1 unspecified atom stereocenters. The summed E-state index contributed by atoms with van der Waals surface area (Å²) in [5.41, 5.74) is 0.700. The molecule has 8 heteroatoms. The van der Waals surface area contributed by atoms with E-state index in [1.165, 1.54) is 20.3 Å². The molecule has 2 saturated heterocycles. The largest absolute Gasteiger partial charge is 0.481 e. The van der Waals surface area contributed by atoms with Gasteiger partial charge in [0.15, 0.2) is 0 Å². The van der Waals surface area contributed by atoms with Crippen LogP contribution >= 0.6 is 0 Å². The highest BCUT2D eigenvalue weighted by Crippen LogP contribution is 2.40. The van der Waals surface area contributed by atoms with Crippen LogP contribution in [-0.4, -0.2) is 61.9 Å². The van der Waals surface area contributed by atoms with Crippen LogP contribution in [0.15, 0.2) is 36.4 Å². The number of likely N-dealkylation sites (tertiary alicyclic amines) is 1. The maximum Gasteiger partial charge on any atom is 0.259 e. The van der Waals surface area contributed by atoms with Crippen LogP contribution in [0.3, 0.4) is 0 Å². The molecule has 2 aromatic rings. The predicted molar refractivity (Wildman–Crippen MR) is 111 cm³/mol. The van der Waals surface area contributed by atoms with Crippen molar-refractivity contribution in [3.63, 3.8) is 0 Å². The maximum absolute atomic E-state index is 13.6. The number of amides is 1. The second-order valence-corrected chi connectivity index (χ2v) is 8.07. The lowest BCUT2D eigenvalue weighted by Crippen LogP contribution is -2.63. The number of hydrogen-bond acceptors (Lipinski definition) is 6. The van der Waals surface area contributed by atoms with Gasteiger partial charge in [-0.25, -0.2) is 4.39 Å². The number of rotatable bonds is 8. The molecule has 0 radical (unpaired) electrons. The first-order valence-electron chi connectivity index (χ1n) is 10.4. The Bertz CT molecular complexity index is 932. The van der Waals surface area contributed by atoms with Crippen LogP contribution in [0.1, 0.15) is 28.8 Å². The monoisotopic (exact) mass is 430 g/mol. The molecular formula is C23H27FN2O5. The summed E-state index contributed by atoms with van der Waals surface area (Å²) in [6.07, 6.45) is 1.73. The molecular weight excluding hydrogens is 403 g/mol. The molecule has 1 amide bonds. The number of hydrogen-bond donors (Lipinski definition) is 0. The fourth-order valence-corrected chi connectivity index (χ4v) is 4.21. The molecule has 4 rings (SSSR count). The van der Waals surface area contributed by atoms with Gasteiger partial charge in [-0.1, -0.05) is 18.2 Å². The van der Waals surface area contributed by atoms with Crippen molar-refractivity contribution in [2.24, 2.45) is 5.92 Å². The number of pyridine rings is 1. The molecule has 2 aliphatic heterocycles. The highest BCUT2D eigenvalue weighted by molar-refractivity contribution is 5.97. The van der Waals surface area contributed by atoms with Gasteiger partial charge in [-0.3, -0.25) is 4.79 Å². The highest BCUT2D eigenvalue weighted by atomic mass is 19.1. The van der Waals surface area contributed by atoms with E-state index in [0.717, 1.165) is 12.8 Å². The number of halogens is 1. The molecule has 3 heterocycles. The molecule has 1 atom stereocenters. The van der Waals surface area contributed by atoms with E-state index < -0.39 is 0 Å². The van der Waals surface area contributed by atoms with Gasteiger partial charge in [0.05, 0.1) is 40.5 Å². The summed E-state index contributed by atoms with van der Waals surface area (Å²) in [5, 5.41) is 0. The van der Waals surface area contributed by atoms with Crippen LogP contribution in [0.4, 0.5) is 4.39 Å². The van der Waals surface area contributed by atoms with Crippen molar-refractivity contribution in [2.75, 3.05) is 40.5 Å². The predicted octanol–water partition coefficient (Wildman–Crippen LogP) is 3.08. The standard InChI is InChI=1S/C23H27FN2O5/c1-28-20-8-7-18(21(25-20)29-2)22(27)26-14-23(15-26)11-16(12-31-23)9-10-30-13-17-5-3-4-6-19(17)24/h3-8,16H,9-15H2,1-2H3. The van der Waals surface area contributed by atoms with E-state index in [2.05, 4.69) is 4.98 Å². The summed E-state index contributed by atoms with van der Waals surface area (Å²) in [7, 11) is 3.00. The molecule has 0 aliphatic carbocycles. The van der Waals surface area contributed by atoms with E-state index >= 15 is 0 Å². The molecule has 0 saturated carbocycles. The second kappa shape index (κ2) is 9.20. The van der Waals surface area contributed by atoms with E-state index in [1.807, 2.05) is 0 Å². The zero-order valence-corrected chi connectivity index (χ0v) is 17.8. The number of aromatic nitrogens is 1. The lowest BCUT2D eigenvalue weighted by Gasteiger charge is -2.47. The SMILES string of the molecule is COc1ccc(C(=O)N2CC3(CC(CCOCc4ccccc4F)CO3)C2)c(OC)n1. The Balaban J connectivity index is 1.23. The Morgan fingerprint density at radius 3 is 2.77 bits per heavy atom. The third-order valence-corrected chi connectivity index (χ3v) is 5.88. The zero-order valence-electron chi connectivity index (χ0n) is 17.8. The average molecular weight is 430 g/mol. The summed E-state index contributed by atoms with van der Waals surface area (Å²) in [6, 6.07) is 9.96. The van der Waals surface area contributed by atoms with Gasteiger partial charge in [0.2, 0.25) is 11.8 Å². The van der Waals surface area contributed by atoms with Crippen molar-refractivity contribution in [3.05, 3.63) is 53.3 Å². The summed E-state index contributed by atoms with van der Waals surface area (Å²) >= 11 is 0. The summed E-state index contributed by atoms with van der Waals surface area (Å²) in [6.45, 7) is 2.57. The van der Waals surface area contributed by atoms with E-state index in [-0.39, 0.29) is 29.8 Å². The number of carbonyl (C=O) groups is 1. The molecule has 2 aliphatic rings. The normalized spacial score (nSPS) is 19.3.